The molecule has 0 spiro atoms. The van der Waals surface area contributed by atoms with E-state index in [1.54, 1.807) is 0 Å². The fourth-order valence-corrected chi connectivity index (χ4v) is 1.89. The van der Waals surface area contributed by atoms with Crippen LogP contribution in [0.2, 0.25) is 0 Å². The molecule has 0 aliphatic carbocycles. The van der Waals surface area contributed by atoms with Crippen LogP contribution in [0.25, 0.3) is 0 Å². The van der Waals surface area contributed by atoms with Crippen molar-refractivity contribution in [3.63, 3.8) is 0 Å². The molecule has 0 unspecified atom stereocenters. The van der Waals surface area contributed by atoms with E-state index < -0.39 is 0 Å². The fourth-order valence-electron chi connectivity index (χ4n) is 1.35. The number of rotatable bonds is 7. The molecule has 0 aromatic heterocycles. The Labute approximate surface area is 105 Å². The molecule has 1 aromatic rings. The normalized spacial score (nSPS) is 10.4. The smallest absolute Gasteiger partial charge is 0.133 e. The molecule has 1 aromatic carbocycles. The third-order valence-corrected chi connectivity index (χ3v) is 2.71. The first kappa shape index (κ1) is 13.5. The summed E-state index contributed by atoms with van der Waals surface area (Å²) in [5.74, 6) is 0.883. The summed E-state index contributed by atoms with van der Waals surface area (Å²) < 4.78 is 11.8. The molecule has 0 saturated carbocycles. The van der Waals surface area contributed by atoms with Crippen molar-refractivity contribution in [1.82, 2.24) is 0 Å². The second-order valence-electron chi connectivity index (χ2n) is 3.35. The summed E-state index contributed by atoms with van der Waals surface area (Å²) in [5, 5.41) is 0. The van der Waals surface area contributed by atoms with Gasteiger partial charge in [0.1, 0.15) is 5.75 Å². The zero-order chi connectivity index (χ0) is 11.8. The Balaban J connectivity index is 2.46. The first-order valence-electron chi connectivity index (χ1n) is 5.47. The van der Waals surface area contributed by atoms with Crippen LogP contribution < -0.4 is 10.5 Å². The lowest BCUT2D eigenvalue weighted by molar-refractivity contribution is 0.144. The van der Waals surface area contributed by atoms with Crippen LogP contribution in [0.5, 0.6) is 5.75 Å². The summed E-state index contributed by atoms with van der Waals surface area (Å²) in [6, 6.07) is 6.10. The standard InChI is InChI=1S/C12H18BrNO2/c1-2-16-12-4-3-10(9-11(12)13)5-7-15-8-6-14/h3-4,9H,2,5-8,14H2,1H3. The van der Waals surface area contributed by atoms with Gasteiger partial charge in [0.15, 0.2) is 0 Å². The van der Waals surface area contributed by atoms with Crippen LogP contribution in [0.4, 0.5) is 0 Å². The second kappa shape index (κ2) is 7.65. The van der Waals surface area contributed by atoms with Crippen LogP contribution >= 0.6 is 15.9 Å². The highest BCUT2D eigenvalue weighted by Gasteiger charge is 2.01. The molecule has 0 bridgehead atoms. The average Bonchev–Trinajstić information content (AvgIpc) is 2.28. The van der Waals surface area contributed by atoms with Gasteiger partial charge in [-0.2, -0.15) is 0 Å². The van der Waals surface area contributed by atoms with E-state index in [4.69, 9.17) is 15.2 Å². The van der Waals surface area contributed by atoms with Crippen LogP contribution in [0.15, 0.2) is 22.7 Å². The molecule has 0 amide bonds. The second-order valence-corrected chi connectivity index (χ2v) is 4.20. The number of halogens is 1. The Hall–Kier alpha value is -0.580. The third kappa shape index (κ3) is 4.51. The highest BCUT2D eigenvalue weighted by Crippen LogP contribution is 2.26. The fraction of sp³-hybridized carbons (Fsp3) is 0.500. The topological polar surface area (TPSA) is 44.5 Å². The summed E-state index contributed by atoms with van der Waals surface area (Å²) in [4.78, 5) is 0. The lowest BCUT2D eigenvalue weighted by atomic mass is 10.1. The van der Waals surface area contributed by atoms with E-state index in [0.717, 1.165) is 16.6 Å². The Morgan fingerprint density at radius 2 is 2.12 bits per heavy atom. The molecule has 0 heterocycles. The van der Waals surface area contributed by atoms with E-state index in [9.17, 15) is 0 Å². The zero-order valence-corrected chi connectivity index (χ0v) is 11.1. The Bertz CT molecular complexity index is 318. The Kier molecular flexibility index (Phi) is 6.45. The zero-order valence-electron chi connectivity index (χ0n) is 9.54. The average molecular weight is 288 g/mol. The quantitative estimate of drug-likeness (QED) is 0.783. The lowest BCUT2D eigenvalue weighted by Crippen LogP contribution is -2.10. The van der Waals surface area contributed by atoms with Gasteiger partial charge in [0.25, 0.3) is 0 Å². The Morgan fingerprint density at radius 1 is 1.31 bits per heavy atom. The van der Waals surface area contributed by atoms with Gasteiger partial charge < -0.3 is 15.2 Å². The van der Waals surface area contributed by atoms with Gasteiger partial charge in [-0.25, -0.2) is 0 Å². The highest BCUT2D eigenvalue weighted by molar-refractivity contribution is 9.10. The SMILES string of the molecule is CCOc1ccc(CCOCCN)cc1Br. The molecule has 2 N–H and O–H groups in total. The maximum Gasteiger partial charge on any atom is 0.133 e. The van der Waals surface area contributed by atoms with Gasteiger partial charge >= 0.3 is 0 Å². The van der Waals surface area contributed by atoms with E-state index in [1.807, 2.05) is 13.0 Å². The first-order valence-corrected chi connectivity index (χ1v) is 6.26. The number of hydrogen-bond donors (Lipinski definition) is 1. The predicted octanol–water partition coefficient (Wildman–Crippen LogP) is 2.37. The maximum absolute atomic E-state index is 5.44. The van der Waals surface area contributed by atoms with Crippen LogP contribution in [0, 0.1) is 0 Å². The molecule has 90 valence electrons. The largest absolute Gasteiger partial charge is 0.493 e. The number of nitrogens with two attached hydrogens (primary N) is 1. The number of hydrogen-bond acceptors (Lipinski definition) is 3. The third-order valence-electron chi connectivity index (χ3n) is 2.09. The van der Waals surface area contributed by atoms with E-state index >= 15 is 0 Å². The van der Waals surface area contributed by atoms with Crippen molar-refractivity contribution in [2.24, 2.45) is 5.73 Å². The van der Waals surface area contributed by atoms with E-state index in [1.165, 1.54) is 5.56 Å². The van der Waals surface area contributed by atoms with Crippen molar-refractivity contribution in [3.05, 3.63) is 28.2 Å². The van der Waals surface area contributed by atoms with Crippen LogP contribution in [0.1, 0.15) is 12.5 Å². The molecular weight excluding hydrogens is 270 g/mol. The van der Waals surface area contributed by atoms with Crippen molar-refractivity contribution >= 4 is 15.9 Å². The molecule has 3 nitrogen and oxygen atoms in total. The van der Waals surface area contributed by atoms with E-state index in [-0.39, 0.29) is 0 Å². The summed E-state index contributed by atoms with van der Waals surface area (Å²) in [6.45, 7) is 4.56. The molecule has 0 radical (unpaired) electrons. The van der Waals surface area contributed by atoms with Crippen molar-refractivity contribution in [2.45, 2.75) is 13.3 Å². The Morgan fingerprint density at radius 3 is 2.75 bits per heavy atom. The van der Waals surface area contributed by atoms with E-state index in [2.05, 4.69) is 28.1 Å². The summed E-state index contributed by atoms with van der Waals surface area (Å²) >= 11 is 3.48. The van der Waals surface area contributed by atoms with Crippen molar-refractivity contribution in [1.29, 1.82) is 0 Å². The molecule has 0 saturated heterocycles. The monoisotopic (exact) mass is 287 g/mol. The van der Waals surface area contributed by atoms with Gasteiger partial charge in [0, 0.05) is 6.54 Å². The van der Waals surface area contributed by atoms with Crippen LogP contribution in [-0.4, -0.2) is 26.4 Å². The predicted molar refractivity (Wildman–Crippen MR) is 68.9 cm³/mol. The van der Waals surface area contributed by atoms with Crippen molar-refractivity contribution in [3.8, 4) is 5.75 Å². The van der Waals surface area contributed by atoms with Crippen molar-refractivity contribution < 1.29 is 9.47 Å². The number of benzene rings is 1. The minimum Gasteiger partial charge on any atom is -0.493 e. The molecule has 0 aliphatic rings. The minimum absolute atomic E-state index is 0.576. The van der Waals surface area contributed by atoms with Gasteiger partial charge in [0.2, 0.25) is 0 Å². The van der Waals surface area contributed by atoms with Crippen molar-refractivity contribution in [2.75, 3.05) is 26.4 Å². The summed E-state index contributed by atoms with van der Waals surface area (Å²) in [6.07, 6.45) is 0.894. The highest BCUT2D eigenvalue weighted by atomic mass is 79.9. The molecule has 0 atom stereocenters. The van der Waals surface area contributed by atoms with E-state index in [0.29, 0.717) is 26.4 Å². The molecule has 0 fully saturated rings. The van der Waals surface area contributed by atoms with Gasteiger partial charge in [-0.15, -0.1) is 0 Å². The summed E-state index contributed by atoms with van der Waals surface area (Å²) in [7, 11) is 0. The molecule has 16 heavy (non-hydrogen) atoms. The van der Waals surface area contributed by atoms with Crippen LogP contribution in [-0.2, 0) is 11.2 Å². The van der Waals surface area contributed by atoms with Gasteiger partial charge in [-0.05, 0) is 47.0 Å². The molecule has 0 aliphatic heterocycles. The lowest BCUT2D eigenvalue weighted by Gasteiger charge is -2.08. The molecule has 4 heteroatoms. The minimum atomic E-state index is 0.576. The van der Waals surface area contributed by atoms with Crippen LogP contribution in [0.3, 0.4) is 0 Å². The van der Waals surface area contributed by atoms with Gasteiger partial charge in [0.05, 0.1) is 24.3 Å². The molecule has 1 rings (SSSR count). The first-order chi connectivity index (χ1) is 7.77. The van der Waals surface area contributed by atoms with Gasteiger partial charge in [-0.1, -0.05) is 6.07 Å². The summed E-state index contributed by atoms with van der Waals surface area (Å²) in [5.41, 5.74) is 6.57. The number of ether oxygens (including phenoxy) is 2. The van der Waals surface area contributed by atoms with Gasteiger partial charge in [-0.3, -0.25) is 0 Å². The maximum atomic E-state index is 5.44. The molecular formula is C12H18BrNO2.